The number of halogens is 5. The van der Waals surface area contributed by atoms with Crippen molar-refractivity contribution in [3.05, 3.63) is 39.9 Å². The van der Waals surface area contributed by atoms with Crippen LogP contribution in [0.4, 0.5) is 0 Å². The molecule has 2 rings (SSSR count). The topological polar surface area (TPSA) is 169 Å². The smallest absolute Gasteiger partial charge is 0.375 e. The van der Waals surface area contributed by atoms with Crippen LogP contribution in [-0.2, 0) is 13.2 Å². The van der Waals surface area contributed by atoms with E-state index in [4.69, 9.17) is 78.8 Å². The second kappa shape index (κ2) is 11.2. The van der Waals surface area contributed by atoms with Crippen LogP contribution in [0.15, 0.2) is 18.2 Å². The van der Waals surface area contributed by atoms with Gasteiger partial charge in [0.15, 0.2) is 13.2 Å². The molecule has 1 aromatic carbocycles. The number of nitrogens with zero attached hydrogens (tertiary/aromatic N) is 3. The Hall–Kier alpha value is -1.10. The minimum atomic E-state index is -3.10. The Morgan fingerprint density at radius 1 is 1.26 bits per heavy atom. The van der Waals surface area contributed by atoms with Crippen molar-refractivity contribution < 1.29 is 29.3 Å². The molecule has 0 bridgehead atoms. The minimum absolute atomic E-state index is 0.0412. The van der Waals surface area contributed by atoms with Crippen molar-refractivity contribution in [1.82, 2.24) is 14.8 Å². The first kappa shape index (κ1) is 27.9. The molecule has 0 saturated heterocycles. The highest BCUT2D eigenvalue weighted by molar-refractivity contribution is 7.57. The summed E-state index contributed by atoms with van der Waals surface area (Å²) in [6, 6.07) is 3.45. The number of carboxylic acids is 2. The van der Waals surface area contributed by atoms with Gasteiger partial charge in [-0.05, 0) is 24.6 Å². The number of aromatic nitrogens is 3. The maximum Gasteiger partial charge on any atom is 0.375 e. The fourth-order valence-electron chi connectivity index (χ4n) is 1.91. The molecule has 0 saturated carbocycles. The SMILES string of the molecule is CP(=O)(O)CCC(N)C(=O)O.O=C(O)c1nc(C(Cl)(Cl)Cl)n(-c2ccc(Cl)cc2Cl)n1. The zero-order chi connectivity index (χ0) is 24.1. The summed E-state index contributed by atoms with van der Waals surface area (Å²) in [5, 5.41) is 21.6. The average molecular weight is 557 g/mol. The van der Waals surface area contributed by atoms with Crippen molar-refractivity contribution in [2.45, 2.75) is 16.3 Å². The summed E-state index contributed by atoms with van der Waals surface area (Å²) in [5.74, 6) is -3.20. The lowest BCUT2D eigenvalue weighted by atomic mass is 10.2. The normalized spacial score (nSPS) is 14.2. The van der Waals surface area contributed by atoms with Crippen LogP contribution in [0.1, 0.15) is 22.9 Å². The van der Waals surface area contributed by atoms with Crippen LogP contribution < -0.4 is 5.73 Å². The highest BCUT2D eigenvalue weighted by Gasteiger charge is 2.33. The number of nitrogens with two attached hydrogens (primary N) is 1. The number of carboxylic acid groups (broad SMARTS) is 2. The second-order valence-electron chi connectivity index (χ2n) is 6.08. The number of hydrogen-bond acceptors (Lipinski definition) is 6. The predicted molar refractivity (Wildman–Crippen MR) is 118 cm³/mol. The van der Waals surface area contributed by atoms with Gasteiger partial charge in [0.25, 0.3) is 5.82 Å². The van der Waals surface area contributed by atoms with Gasteiger partial charge in [-0.2, -0.15) is 0 Å². The largest absolute Gasteiger partial charge is 0.480 e. The Kier molecular flexibility index (Phi) is 10.1. The summed E-state index contributed by atoms with van der Waals surface area (Å²) in [7, 11) is -3.10. The number of benzene rings is 1. The fourth-order valence-corrected chi connectivity index (χ4v) is 3.52. The summed E-state index contributed by atoms with van der Waals surface area (Å²) in [6.45, 7) is 1.18. The number of rotatable bonds is 6. The van der Waals surface area contributed by atoms with Gasteiger partial charge in [0.05, 0.1) is 10.7 Å². The number of hydrogen-bond donors (Lipinski definition) is 4. The van der Waals surface area contributed by atoms with Gasteiger partial charge in [-0.3, -0.25) is 9.36 Å². The minimum Gasteiger partial charge on any atom is -0.480 e. The molecule has 0 aliphatic carbocycles. The van der Waals surface area contributed by atoms with Crippen LogP contribution >= 0.6 is 65.4 Å². The fraction of sp³-hybridized carbons (Fsp3) is 0.333. The summed E-state index contributed by atoms with van der Waals surface area (Å²) >= 11 is 29.1. The third kappa shape index (κ3) is 9.11. The van der Waals surface area contributed by atoms with E-state index in [2.05, 4.69) is 10.1 Å². The average Bonchev–Trinajstić information content (AvgIpc) is 3.05. The molecule has 0 aliphatic heterocycles. The standard InChI is InChI=1S/C10H4Cl5N3O2.C5H12NO4P/c11-4-1-2-6(5(12)3-4)18-9(10(13,14)15)16-7(17-18)8(19)20;1-11(9,10)3-2-4(6)5(7)8/h1-3H,(H,19,20);4H,2-3,6H2,1H3,(H,7,8)(H,9,10). The third-order valence-corrected chi connectivity index (χ3v) is 5.49. The number of aliphatic carboxylic acids is 1. The van der Waals surface area contributed by atoms with E-state index in [1.807, 2.05) is 0 Å². The van der Waals surface area contributed by atoms with E-state index in [-0.39, 0.29) is 29.1 Å². The first-order chi connectivity index (χ1) is 14.0. The van der Waals surface area contributed by atoms with Crippen LogP contribution in [-0.4, -0.2) is 60.7 Å². The molecule has 172 valence electrons. The highest BCUT2D eigenvalue weighted by Crippen LogP contribution is 2.39. The maximum atomic E-state index is 10.9. The molecule has 0 radical (unpaired) electrons. The van der Waals surface area contributed by atoms with E-state index in [9.17, 15) is 14.2 Å². The zero-order valence-corrected chi connectivity index (χ0v) is 20.2. The molecule has 1 heterocycles. The summed E-state index contributed by atoms with van der Waals surface area (Å²) < 4.78 is 9.73. The molecule has 31 heavy (non-hydrogen) atoms. The molecule has 0 amide bonds. The van der Waals surface area contributed by atoms with Crippen molar-refractivity contribution in [2.75, 3.05) is 12.8 Å². The molecule has 0 aliphatic rings. The molecule has 1 aromatic heterocycles. The van der Waals surface area contributed by atoms with Gasteiger partial charge in [0.1, 0.15) is 6.04 Å². The van der Waals surface area contributed by atoms with Gasteiger partial charge in [0.2, 0.25) is 3.79 Å². The Morgan fingerprint density at radius 2 is 1.84 bits per heavy atom. The maximum absolute atomic E-state index is 10.9. The molecule has 2 atom stereocenters. The van der Waals surface area contributed by atoms with Crippen molar-refractivity contribution in [3.8, 4) is 5.69 Å². The molecule has 0 spiro atoms. The molecule has 5 N–H and O–H groups in total. The summed E-state index contributed by atoms with van der Waals surface area (Å²) in [4.78, 5) is 33.5. The van der Waals surface area contributed by atoms with E-state index in [0.29, 0.717) is 5.02 Å². The van der Waals surface area contributed by atoms with Gasteiger partial charge in [-0.15, -0.1) is 5.10 Å². The summed E-state index contributed by atoms with van der Waals surface area (Å²) in [5.41, 5.74) is 5.38. The molecule has 2 aromatic rings. The van der Waals surface area contributed by atoms with Gasteiger partial charge >= 0.3 is 11.9 Å². The molecule has 10 nitrogen and oxygen atoms in total. The quantitative estimate of drug-likeness (QED) is 0.305. The zero-order valence-electron chi connectivity index (χ0n) is 15.5. The lowest BCUT2D eigenvalue weighted by Gasteiger charge is -2.12. The Bertz CT molecular complexity index is 1010. The van der Waals surface area contributed by atoms with Gasteiger partial charge in [-0.25, -0.2) is 14.5 Å². The van der Waals surface area contributed by atoms with E-state index in [1.165, 1.54) is 24.9 Å². The predicted octanol–water partition coefficient (Wildman–Crippen LogP) is 3.79. The molecule has 16 heteroatoms. The highest BCUT2D eigenvalue weighted by atomic mass is 35.6. The van der Waals surface area contributed by atoms with Crippen molar-refractivity contribution in [2.24, 2.45) is 5.73 Å². The van der Waals surface area contributed by atoms with E-state index >= 15 is 0 Å². The Morgan fingerprint density at radius 3 is 2.26 bits per heavy atom. The van der Waals surface area contributed by atoms with E-state index in [0.717, 1.165) is 4.68 Å². The Balaban J connectivity index is 0.000000373. The van der Waals surface area contributed by atoms with Crippen LogP contribution in [0.2, 0.25) is 10.0 Å². The van der Waals surface area contributed by atoms with Crippen LogP contribution in [0, 0.1) is 0 Å². The first-order valence-electron chi connectivity index (χ1n) is 8.03. The van der Waals surface area contributed by atoms with Crippen LogP contribution in [0.5, 0.6) is 0 Å². The lowest BCUT2D eigenvalue weighted by Crippen LogP contribution is -2.30. The van der Waals surface area contributed by atoms with E-state index < -0.39 is 35.0 Å². The van der Waals surface area contributed by atoms with Gasteiger partial charge in [-0.1, -0.05) is 58.0 Å². The molecule has 2 unspecified atom stereocenters. The van der Waals surface area contributed by atoms with Crippen LogP contribution in [0.25, 0.3) is 5.69 Å². The first-order valence-corrected chi connectivity index (χ1v) is 12.2. The molecular weight excluding hydrogens is 540 g/mol. The van der Waals surface area contributed by atoms with Crippen molar-refractivity contribution in [3.63, 3.8) is 0 Å². The number of alkyl halides is 3. The lowest BCUT2D eigenvalue weighted by molar-refractivity contribution is -0.138. The van der Waals surface area contributed by atoms with Crippen molar-refractivity contribution >= 4 is 77.3 Å². The van der Waals surface area contributed by atoms with Gasteiger partial charge < -0.3 is 20.8 Å². The monoisotopic (exact) mass is 554 g/mol. The second-order valence-corrected chi connectivity index (χ2v) is 11.8. The van der Waals surface area contributed by atoms with Gasteiger partial charge in [0, 0.05) is 17.8 Å². The molecule has 0 fully saturated rings. The van der Waals surface area contributed by atoms with E-state index in [1.54, 1.807) is 0 Å². The Labute approximate surface area is 201 Å². The third-order valence-electron chi connectivity index (χ3n) is 3.36. The van der Waals surface area contributed by atoms with Crippen molar-refractivity contribution in [1.29, 1.82) is 0 Å². The number of aromatic carboxylic acids is 1. The van der Waals surface area contributed by atoms with Crippen LogP contribution in [0.3, 0.4) is 0 Å². The summed E-state index contributed by atoms with van der Waals surface area (Å²) in [6.07, 6.45) is 0.0000772. The molecular formula is C15H16Cl5N4O6P. The number of carbonyl (C=O) groups is 2.